The van der Waals surface area contributed by atoms with Crippen LogP contribution in [0.1, 0.15) is 10.6 Å². The van der Waals surface area contributed by atoms with Gasteiger partial charge in [0, 0.05) is 10.4 Å². The lowest BCUT2D eigenvalue weighted by molar-refractivity contribution is -0.120. The van der Waals surface area contributed by atoms with E-state index in [-0.39, 0.29) is 5.91 Å². The minimum Gasteiger partial charge on any atom is -0.350 e. The van der Waals surface area contributed by atoms with Gasteiger partial charge in [0.15, 0.2) is 0 Å². The monoisotopic (exact) mass is 275 g/mol. The molecule has 0 atom stereocenters. The Morgan fingerprint density at radius 2 is 2.05 bits per heavy atom. The van der Waals surface area contributed by atoms with Gasteiger partial charge in [0.05, 0.1) is 18.8 Å². The van der Waals surface area contributed by atoms with Gasteiger partial charge >= 0.3 is 0 Å². The SMILES string of the molecule is CNCC(=O)NCc1sc(-c2ccccc2)nc1C. The van der Waals surface area contributed by atoms with Crippen molar-refractivity contribution in [2.24, 2.45) is 0 Å². The van der Waals surface area contributed by atoms with Crippen LogP contribution in [0.4, 0.5) is 0 Å². The highest BCUT2D eigenvalue weighted by Gasteiger charge is 2.10. The molecule has 0 saturated carbocycles. The Morgan fingerprint density at radius 1 is 1.32 bits per heavy atom. The third-order valence-electron chi connectivity index (χ3n) is 2.70. The zero-order chi connectivity index (χ0) is 13.7. The maximum atomic E-state index is 11.4. The van der Waals surface area contributed by atoms with E-state index in [2.05, 4.69) is 15.6 Å². The number of likely N-dealkylation sites (N-methyl/N-ethyl adjacent to an activating group) is 1. The van der Waals surface area contributed by atoms with Gasteiger partial charge < -0.3 is 10.6 Å². The van der Waals surface area contributed by atoms with Crippen LogP contribution in [0, 0.1) is 6.92 Å². The second kappa shape index (κ2) is 6.45. The number of hydrogen-bond acceptors (Lipinski definition) is 4. The Balaban J connectivity index is 2.07. The molecule has 0 aliphatic carbocycles. The highest BCUT2D eigenvalue weighted by molar-refractivity contribution is 7.15. The molecule has 4 nitrogen and oxygen atoms in total. The third kappa shape index (κ3) is 3.62. The summed E-state index contributed by atoms with van der Waals surface area (Å²) in [5.74, 6) is -0.00318. The van der Waals surface area contributed by atoms with Gasteiger partial charge in [0.1, 0.15) is 5.01 Å². The lowest BCUT2D eigenvalue weighted by Crippen LogP contribution is -2.31. The number of carbonyl (C=O) groups excluding carboxylic acids is 1. The highest BCUT2D eigenvalue weighted by atomic mass is 32.1. The van der Waals surface area contributed by atoms with Crippen molar-refractivity contribution in [2.75, 3.05) is 13.6 Å². The van der Waals surface area contributed by atoms with Gasteiger partial charge in [-0.25, -0.2) is 4.98 Å². The minimum atomic E-state index is -0.00318. The van der Waals surface area contributed by atoms with Crippen LogP contribution in [-0.2, 0) is 11.3 Å². The summed E-state index contributed by atoms with van der Waals surface area (Å²) in [6.45, 7) is 2.85. The molecule has 0 fully saturated rings. The number of aryl methyl sites for hydroxylation is 1. The first-order chi connectivity index (χ1) is 9.20. The van der Waals surface area contributed by atoms with Gasteiger partial charge in [0.2, 0.25) is 5.91 Å². The van der Waals surface area contributed by atoms with Crippen LogP contribution in [0.3, 0.4) is 0 Å². The molecule has 0 aliphatic heterocycles. The molecule has 1 amide bonds. The zero-order valence-electron chi connectivity index (χ0n) is 11.1. The Morgan fingerprint density at radius 3 is 2.74 bits per heavy atom. The molecule has 0 saturated heterocycles. The van der Waals surface area contributed by atoms with E-state index >= 15 is 0 Å². The standard InChI is InChI=1S/C14H17N3OS/c1-10-12(8-16-13(18)9-15-2)19-14(17-10)11-6-4-3-5-7-11/h3-7,15H,8-9H2,1-2H3,(H,16,18). The second-order valence-corrected chi connectivity index (χ2v) is 5.28. The van der Waals surface area contributed by atoms with Crippen molar-refractivity contribution in [1.29, 1.82) is 0 Å². The Hall–Kier alpha value is -1.72. The van der Waals surface area contributed by atoms with E-state index in [0.29, 0.717) is 13.1 Å². The smallest absolute Gasteiger partial charge is 0.234 e. The number of aromatic nitrogens is 1. The summed E-state index contributed by atoms with van der Waals surface area (Å²) in [4.78, 5) is 17.1. The van der Waals surface area contributed by atoms with E-state index in [0.717, 1.165) is 21.1 Å². The summed E-state index contributed by atoms with van der Waals surface area (Å²) in [6, 6.07) is 10.1. The summed E-state index contributed by atoms with van der Waals surface area (Å²) < 4.78 is 0. The van der Waals surface area contributed by atoms with Gasteiger partial charge in [0.25, 0.3) is 0 Å². The van der Waals surface area contributed by atoms with Crippen molar-refractivity contribution < 1.29 is 4.79 Å². The molecule has 0 bridgehead atoms. The number of hydrogen-bond donors (Lipinski definition) is 2. The predicted molar refractivity (Wildman–Crippen MR) is 78.1 cm³/mol. The van der Waals surface area contributed by atoms with E-state index in [4.69, 9.17) is 0 Å². The molecule has 0 radical (unpaired) electrons. The predicted octanol–water partition coefficient (Wildman–Crippen LogP) is 1.95. The normalized spacial score (nSPS) is 10.4. The first kappa shape index (κ1) is 13.7. The lowest BCUT2D eigenvalue weighted by Gasteiger charge is -2.02. The maximum Gasteiger partial charge on any atom is 0.234 e. The molecule has 5 heteroatoms. The van der Waals surface area contributed by atoms with Crippen LogP contribution >= 0.6 is 11.3 Å². The van der Waals surface area contributed by atoms with Crippen molar-refractivity contribution in [2.45, 2.75) is 13.5 Å². The van der Waals surface area contributed by atoms with Crippen LogP contribution in [0.15, 0.2) is 30.3 Å². The number of amides is 1. The molecule has 0 spiro atoms. The summed E-state index contributed by atoms with van der Waals surface area (Å²) >= 11 is 1.63. The molecule has 100 valence electrons. The zero-order valence-corrected chi connectivity index (χ0v) is 11.9. The largest absolute Gasteiger partial charge is 0.350 e. The van der Waals surface area contributed by atoms with Crippen molar-refractivity contribution in [3.05, 3.63) is 40.9 Å². The minimum absolute atomic E-state index is 0.00318. The van der Waals surface area contributed by atoms with Crippen LogP contribution in [-0.4, -0.2) is 24.5 Å². The first-order valence-electron chi connectivity index (χ1n) is 6.13. The topological polar surface area (TPSA) is 54.0 Å². The summed E-state index contributed by atoms with van der Waals surface area (Å²) in [5, 5.41) is 6.70. The number of thiazole rings is 1. The molecule has 2 aromatic rings. The first-order valence-corrected chi connectivity index (χ1v) is 6.95. The Kier molecular flexibility index (Phi) is 4.65. The lowest BCUT2D eigenvalue weighted by atomic mass is 10.2. The van der Waals surface area contributed by atoms with Crippen LogP contribution < -0.4 is 10.6 Å². The molecule has 1 aromatic carbocycles. The van der Waals surface area contributed by atoms with Crippen LogP contribution in [0.2, 0.25) is 0 Å². The van der Waals surface area contributed by atoms with Crippen molar-refractivity contribution >= 4 is 17.2 Å². The summed E-state index contributed by atoms with van der Waals surface area (Å²) in [5.41, 5.74) is 2.09. The van der Waals surface area contributed by atoms with Crippen LogP contribution in [0.5, 0.6) is 0 Å². The quantitative estimate of drug-likeness (QED) is 0.877. The average Bonchev–Trinajstić information content (AvgIpc) is 2.79. The highest BCUT2D eigenvalue weighted by Crippen LogP contribution is 2.27. The van der Waals surface area contributed by atoms with E-state index in [1.165, 1.54) is 0 Å². The van der Waals surface area contributed by atoms with E-state index in [1.807, 2.05) is 37.3 Å². The van der Waals surface area contributed by atoms with E-state index in [9.17, 15) is 4.79 Å². The fourth-order valence-electron chi connectivity index (χ4n) is 1.70. The van der Waals surface area contributed by atoms with Crippen LogP contribution in [0.25, 0.3) is 10.6 Å². The fourth-order valence-corrected chi connectivity index (χ4v) is 2.71. The molecule has 1 aromatic heterocycles. The second-order valence-electron chi connectivity index (χ2n) is 4.20. The molecule has 0 unspecified atom stereocenters. The summed E-state index contributed by atoms with van der Waals surface area (Å²) in [6.07, 6.45) is 0. The fraction of sp³-hybridized carbons (Fsp3) is 0.286. The van der Waals surface area contributed by atoms with Gasteiger partial charge in [-0.3, -0.25) is 4.79 Å². The van der Waals surface area contributed by atoms with Gasteiger partial charge in [-0.1, -0.05) is 30.3 Å². The number of nitrogens with one attached hydrogen (secondary N) is 2. The Bertz CT molecular complexity index is 551. The summed E-state index contributed by atoms with van der Waals surface area (Å²) in [7, 11) is 1.75. The Labute approximate surface area is 116 Å². The molecule has 2 N–H and O–H groups in total. The molecular formula is C14H17N3OS. The molecule has 19 heavy (non-hydrogen) atoms. The van der Waals surface area contributed by atoms with Gasteiger partial charge in [-0.15, -0.1) is 11.3 Å². The van der Waals surface area contributed by atoms with Gasteiger partial charge in [-0.2, -0.15) is 0 Å². The van der Waals surface area contributed by atoms with Crippen molar-refractivity contribution in [1.82, 2.24) is 15.6 Å². The number of carbonyl (C=O) groups is 1. The number of benzene rings is 1. The van der Waals surface area contributed by atoms with Crippen molar-refractivity contribution in [3.63, 3.8) is 0 Å². The molecule has 1 heterocycles. The van der Waals surface area contributed by atoms with Gasteiger partial charge in [-0.05, 0) is 14.0 Å². The van der Waals surface area contributed by atoms with Crippen molar-refractivity contribution in [3.8, 4) is 10.6 Å². The number of nitrogens with zero attached hydrogens (tertiary/aromatic N) is 1. The molecule has 0 aliphatic rings. The van der Waals surface area contributed by atoms with E-state index < -0.39 is 0 Å². The average molecular weight is 275 g/mol. The number of rotatable bonds is 5. The third-order valence-corrected chi connectivity index (χ3v) is 3.90. The van der Waals surface area contributed by atoms with E-state index in [1.54, 1.807) is 18.4 Å². The molecule has 2 rings (SSSR count). The maximum absolute atomic E-state index is 11.4. The molecular weight excluding hydrogens is 258 g/mol.